The summed E-state index contributed by atoms with van der Waals surface area (Å²) >= 11 is 0. The average molecular weight is 340 g/mol. The molecule has 3 rings (SSSR count). The van der Waals surface area contributed by atoms with Crippen molar-refractivity contribution in [1.29, 1.82) is 0 Å². The fourth-order valence-corrected chi connectivity index (χ4v) is 3.12. The normalized spacial score (nSPS) is 14.8. The monoisotopic (exact) mass is 340 g/mol. The van der Waals surface area contributed by atoms with Gasteiger partial charge in [0, 0.05) is 22.9 Å². The Morgan fingerprint density at radius 3 is 2.28 bits per heavy atom. The maximum absolute atomic E-state index is 13.2. The minimum Gasteiger partial charge on any atom is -0.326 e. The van der Waals surface area contributed by atoms with Crippen LogP contribution < -0.4 is 10.6 Å². The maximum atomic E-state index is 13.2. The topological polar surface area (TPSA) is 58.2 Å². The molecule has 2 aromatic carbocycles. The Morgan fingerprint density at radius 1 is 0.880 bits per heavy atom. The van der Waals surface area contributed by atoms with Gasteiger partial charge < -0.3 is 10.6 Å². The van der Waals surface area contributed by atoms with Gasteiger partial charge in [-0.15, -0.1) is 0 Å². The van der Waals surface area contributed by atoms with E-state index in [1.54, 1.807) is 30.3 Å². The largest absolute Gasteiger partial charge is 0.326 e. The quantitative estimate of drug-likeness (QED) is 0.855. The average Bonchev–Trinajstić information content (AvgIpc) is 2.62. The zero-order valence-electron chi connectivity index (χ0n) is 13.9. The maximum Gasteiger partial charge on any atom is 0.255 e. The van der Waals surface area contributed by atoms with Crippen molar-refractivity contribution in [3.8, 4) is 0 Å². The van der Waals surface area contributed by atoms with Crippen molar-refractivity contribution in [2.45, 2.75) is 32.1 Å². The van der Waals surface area contributed by atoms with Crippen molar-refractivity contribution in [3.05, 3.63) is 59.9 Å². The summed E-state index contributed by atoms with van der Waals surface area (Å²) in [5, 5.41) is 5.55. The molecule has 0 saturated heterocycles. The first-order chi connectivity index (χ1) is 12.1. The molecule has 0 bridgehead atoms. The fraction of sp³-hybridized carbons (Fsp3) is 0.300. The molecule has 4 nitrogen and oxygen atoms in total. The first-order valence-corrected chi connectivity index (χ1v) is 8.60. The van der Waals surface area contributed by atoms with Crippen molar-refractivity contribution < 1.29 is 14.0 Å². The first kappa shape index (κ1) is 17.1. The molecule has 2 aromatic rings. The summed E-state index contributed by atoms with van der Waals surface area (Å²) in [6, 6.07) is 12.5. The molecule has 2 N–H and O–H groups in total. The Morgan fingerprint density at radius 2 is 1.56 bits per heavy atom. The van der Waals surface area contributed by atoms with Crippen LogP contribution in [0.5, 0.6) is 0 Å². The van der Waals surface area contributed by atoms with E-state index in [0.29, 0.717) is 16.9 Å². The molecule has 0 unspecified atom stereocenters. The molecule has 0 radical (unpaired) electrons. The smallest absolute Gasteiger partial charge is 0.255 e. The van der Waals surface area contributed by atoms with Crippen molar-refractivity contribution in [2.75, 3.05) is 10.6 Å². The summed E-state index contributed by atoms with van der Waals surface area (Å²) in [6.45, 7) is 0. The van der Waals surface area contributed by atoms with Gasteiger partial charge in [0.25, 0.3) is 5.91 Å². The third-order valence-corrected chi connectivity index (χ3v) is 4.45. The molecule has 0 aromatic heterocycles. The van der Waals surface area contributed by atoms with Gasteiger partial charge in [0.1, 0.15) is 5.82 Å². The number of rotatable bonds is 4. The number of nitrogens with one attached hydrogen (secondary N) is 2. The van der Waals surface area contributed by atoms with Crippen LogP contribution in [0.4, 0.5) is 15.8 Å². The van der Waals surface area contributed by atoms with Gasteiger partial charge in [0.2, 0.25) is 5.91 Å². The molecule has 1 saturated carbocycles. The Labute approximate surface area is 146 Å². The second kappa shape index (κ2) is 7.92. The molecule has 1 fully saturated rings. The number of anilines is 2. The molecule has 0 spiro atoms. The standard InChI is InChI=1S/C20H21FN2O2/c21-16-9-5-11-18(13-16)23-20(25)15-8-4-10-17(12-15)22-19(24)14-6-2-1-3-7-14/h4-5,8-14H,1-3,6-7H2,(H,22,24)(H,23,25). The Kier molecular flexibility index (Phi) is 5.43. The Bertz CT molecular complexity index is 770. The Hall–Kier alpha value is -2.69. The predicted octanol–water partition coefficient (Wildman–Crippen LogP) is 4.60. The van der Waals surface area contributed by atoms with Gasteiger partial charge in [-0.25, -0.2) is 4.39 Å². The molecule has 130 valence electrons. The highest BCUT2D eigenvalue weighted by Crippen LogP contribution is 2.25. The summed E-state index contributed by atoms with van der Waals surface area (Å²) in [5.41, 5.74) is 1.40. The second-order valence-electron chi connectivity index (χ2n) is 6.37. The molecule has 1 aliphatic rings. The Balaban J connectivity index is 1.66. The van der Waals surface area contributed by atoms with E-state index in [0.717, 1.165) is 25.7 Å². The SMILES string of the molecule is O=C(Nc1cccc(F)c1)c1cccc(NC(=O)C2CCCCC2)c1. The highest BCUT2D eigenvalue weighted by molar-refractivity contribution is 6.05. The lowest BCUT2D eigenvalue weighted by atomic mass is 9.88. The van der Waals surface area contributed by atoms with Crippen LogP contribution >= 0.6 is 0 Å². The van der Waals surface area contributed by atoms with Crippen molar-refractivity contribution in [2.24, 2.45) is 5.92 Å². The molecular weight excluding hydrogens is 319 g/mol. The minimum atomic E-state index is -0.411. The summed E-state index contributed by atoms with van der Waals surface area (Å²) in [5.74, 6) is -0.688. The number of halogens is 1. The number of hydrogen-bond acceptors (Lipinski definition) is 2. The van der Waals surface area contributed by atoms with Gasteiger partial charge in [-0.05, 0) is 49.2 Å². The van der Waals surface area contributed by atoms with Gasteiger partial charge in [0.05, 0.1) is 0 Å². The van der Waals surface area contributed by atoms with Crippen LogP contribution in [0.15, 0.2) is 48.5 Å². The van der Waals surface area contributed by atoms with E-state index in [4.69, 9.17) is 0 Å². The van der Waals surface area contributed by atoms with E-state index < -0.39 is 5.82 Å². The van der Waals surface area contributed by atoms with Crippen LogP contribution in [-0.4, -0.2) is 11.8 Å². The number of carbonyl (C=O) groups excluding carboxylic acids is 2. The summed E-state index contributed by atoms with van der Waals surface area (Å²) in [7, 11) is 0. The van der Waals surface area contributed by atoms with Crippen LogP contribution in [0.2, 0.25) is 0 Å². The number of amides is 2. The minimum absolute atomic E-state index is 0.0161. The van der Waals surface area contributed by atoms with Gasteiger partial charge >= 0.3 is 0 Å². The van der Waals surface area contributed by atoms with E-state index in [1.807, 2.05) is 0 Å². The van der Waals surface area contributed by atoms with Crippen LogP contribution in [0.1, 0.15) is 42.5 Å². The van der Waals surface area contributed by atoms with Crippen LogP contribution in [-0.2, 0) is 4.79 Å². The van der Waals surface area contributed by atoms with Crippen LogP contribution in [0.25, 0.3) is 0 Å². The predicted molar refractivity (Wildman–Crippen MR) is 96.0 cm³/mol. The lowest BCUT2D eigenvalue weighted by molar-refractivity contribution is -0.120. The molecule has 0 aliphatic heterocycles. The van der Waals surface area contributed by atoms with E-state index in [2.05, 4.69) is 10.6 Å². The molecule has 0 heterocycles. The van der Waals surface area contributed by atoms with Gasteiger partial charge in [0.15, 0.2) is 0 Å². The summed E-state index contributed by atoms with van der Waals surface area (Å²) in [6.07, 6.45) is 5.22. The molecule has 1 aliphatic carbocycles. The van der Waals surface area contributed by atoms with E-state index in [1.165, 1.54) is 24.6 Å². The van der Waals surface area contributed by atoms with Crippen molar-refractivity contribution in [3.63, 3.8) is 0 Å². The second-order valence-corrected chi connectivity index (χ2v) is 6.37. The molecule has 0 atom stereocenters. The highest BCUT2D eigenvalue weighted by Gasteiger charge is 2.21. The lowest BCUT2D eigenvalue weighted by Crippen LogP contribution is -2.24. The molecule has 5 heteroatoms. The number of benzene rings is 2. The third-order valence-electron chi connectivity index (χ3n) is 4.45. The van der Waals surface area contributed by atoms with E-state index in [9.17, 15) is 14.0 Å². The van der Waals surface area contributed by atoms with E-state index >= 15 is 0 Å². The van der Waals surface area contributed by atoms with E-state index in [-0.39, 0.29) is 17.7 Å². The molecule has 2 amide bonds. The van der Waals surface area contributed by atoms with Gasteiger partial charge in [-0.1, -0.05) is 31.4 Å². The van der Waals surface area contributed by atoms with Crippen LogP contribution in [0, 0.1) is 11.7 Å². The first-order valence-electron chi connectivity index (χ1n) is 8.60. The fourth-order valence-electron chi connectivity index (χ4n) is 3.12. The summed E-state index contributed by atoms with van der Waals surface area (Å²) in [4.78, 5) is 24.6. The summed E-state index contributed by atoms with van der Waals surface area (Å²) < 4.78 is 13.2. The number of carbonyl (C=O) groups is 2. The molecule has 25 heavy (non-hydrogen) atoms. The zero-order valence-corrected chi connectivity index (χ0v) is 13.9. The van der Waals surface area contributed by atoms with Crippen LogP contribution in [0.3, 0.4) is 0 Å². The lowest BCUT2D eigenvalue weighted by Gasteiger charge is -2.20. The van der Waals surface area contributed by atoms with Gasteiger partial charge in [-0.3, -0.25) is 9.59 Å². The highest BCUT2D eigenvalue weighted by atomic mass is 19.1. The van der Waals surface area contributed by atoms with Crippen molar-refractivity contribution >= 4 is 23.2 Å². The molecular formula is C20H21FN2O2. The zero-order chi connectivity index (χ0) is 17.6. The number of hydrogen-bond donors (Lipinski definition) is 2. The third kappa shape index (κ3) is 4.66. The van der Waals surface area contributed by atoms with Gasteiger partial charge in [-0.2, -0.15) is 0 Å². The van der Waals surface area contributed by atoms with Crippen molar-refractivity contribution in [1.82, 2.24) is 0 Å².